The van der Waals surface area contributed by atoms with Crippen molar-refractivity contribution in [2.45, 2.75) is 73.8 Å². The van der Waals surface area contributed by atoms with Crippen LogP contribution in [0.2, 0.25) is 0 Å². The van der Waals surface area contributed by atoms with Crippen LogP contribution >= 0.6 is 0 Å². The molecule has 106 valence electrons. The predicted molar refractivity (Wildman–Crippen MR) is 79.6 cm³/mol. The van der Waals surface area contributed by atoms with Gasteiger partial charge in [-0.1, -0.05) is 48.5 Å². The summed E-state index contributed by atoms with van der Waals surface area (Å²) in [7, 11) is 0. The zero-order valence-electron chi connectivity index (χ0n) is 13.6. The second kappa shape index (κ2) is 4.23. The molecule has 2 aliphatic rings. The van der Waals surface area contributed by atoms with Gasteiger partial charge in [0, 0.05) is 6.04 Å². The Morgan fingerprint density at radius 2 is 1.83 bits per heavy atom. The molecule has 0 saturated heterocycles. The van der Waals surface area contributed by atoms with Gasteiger partial charge < -0.3 is 5.32 Å². The van der Waals surface area contributed by atoms with Crippen LogP contribution in [0.3, 0.4) is 0 Å². The predicted octanol–water partition coefficient (Wildman–Crippen LogP) is 4.47. The maximum Gasteiger partial charge on any atom is 0.0175 e. The molecule has 4 atom stereocenters. The molecule has 0 heterocycles. The van der Waals surface area contributed by atoms with E-state index in [2.05, 4.69) is 53.8 Å². The number of hydrogen-bond donors (Lipinski definition) is 1. The molecule has 18 heavy (non-hydrogen) atoms. The Labute approximate surface area is 114 Å². The van der Waals surface area contributed by atoms with Crippen LogP contribution in [0.1, 0.15) is 67.7 Å². The highest BCUT2D eigenvalue weighted by atomic mass is 15.0. The van der Waals surface area contributed by atoms with Crippen molar-refractivity contribution in [3.05, 3.63) is 0 Å². The molecule has 2 fully saturated rings. The summed E-state index contributed by atoms with van der Waals surface area (Å²) in [5, 5.41) is 3.95. The van der Waals surface area contributed by atoms with Crippen LogP contribution in [0.5, 0.6) is 0 Å². The summed E-state index contributed by atoms with van der Waals surface area (Å²) in [6, 6.07) is 0.716. The van der Waals surface area contributed by atoms with Crippen molar-refractivity contribution in [2.24, 2.45) is 28.1 Å². The minimum absolute atomic E-state index is 0.412. The largest absolute Gasteiger partial charge is 0.313 e. The Balaban J connectivity index is 2.01. The molecule has 0 spiro atoms. The molecule has 2 rings (SSSR count). The first-order valence-corrected chi connectivity index (χ1v) is 7.81. The maximum absolute atomic E-state index is 3.95. The van der Waals surface area contributed by atoms with Gasteiger partial charge in [-0.15, -0.1) is 0 Å². The third-order valence-electron chi connectivity index (χ3n) is 6.38. The van der Waals surface area contributed by atoms with E-state index >= 15 is 0 Å². The Bertz CT molecular complexity index is 307. The van der Waals surface area contributed by atoms with E-state index in [1.807, 2.05) is 0 Å². The highest BCUT2D eigenvalue weighted by Gasteiger charge is 2.58. The van der Waals surface area contributed by atoms with Crippen LogP contribution in [0, 0.1) is 28.1 Å². The third-order valence-corrected chi connectivity index (χ3v) is 6.38. The lowest BCUT2D eigenvalue weighted by molar-refractivity contribution is 0.0980. The normalized spacial score (nSPS) is 40.2. The second-order valence-electron chi connectivity index (χ2n) is 9.02. The number of hydrogen-bond acceptors (Lipinski definition) is 1. The number of fused-ring (bicyclic) bond motifs is 2. The van der Waals surface area contributed by atoms with Gasteiger partial charge in [-0.2, -0.15) is 0 Å². The zero-order valence-corrected chi connectivity index (χ0v) is 13.6. The van der Waals surface area contributed by atoms with E-state index in [4.69, 9.17) is 0 Å². The van der Waals surface area contributed by atoms with Crippen LogP contribution in [0.25, 0.3) is 0 Å². The molecule has 2 aliphatic carbocycles. The van der Waals surface area contributed by atoms with Gasteiger partial charge in [-0.25, -0.2) is 0 Å². The lowest BCUT2D eigenvalue weighted by Gasteiger charge is -2.44. The highest BCUT2D eigenvalue weighted by molar-refractivity contribution is 5.12. The lowest BCUT2D eigenvalue weighted by Crippen LogP contribution is -2.52. The lowest BCUT2D eigenvalue weighted by atomic mass is 9.68. The first-order valence-electron chi connectivity index (χ1n) is 7.81. The van der Waals surface area contributed by atoms with Gasteiger partial charge >= 0.3 is 0 Å². The quantitative estimate of drug-likeness (QED) is 0.780. The fraction of sp³-hybridized carbons (Fsp3) is 1.00. The smallest absolute Gasteiger partial charge is 0.0175 e. The van der Waals surface area contributed by atoms with Gasteiger partial charge in [-0.05, 0) is 53.9 Å². The van der Waals surface area contributed by atoms with Gasteiger partial charge in [0.05, 0.1) is 0 Å². The van der Waals surface area contributed by atoms with E-state index in [0.29, 0.717) is 22.3 Å². The van der Waals surface area contributed by atoms with Crippen molar-refractivity contribution in [3.8, 4) is 0 Å². The fourth-order valence-corrected chi connectivity index (χ4v) is 4.41. The van der Waals surface area contributed by atoms with E-state index in [9.17, 15) is 0 Å². The van der Waals surface area contributed by atoms with Crippen molar-refractivity contribution in [1.82, 2.24) is 5.32 Å². The number of rotatable bonds is 3. The summed E-state index contributed by atoms with van der Waals surface area (Å²) in [5.74, 6) is 1.68. The molecule has 0 aliphatic heterocycles. The molecule has 2 saturated carbocycles. The molecule has 2 bridgehead atoms. The van der Waals surface area contributed by atoms with E-state index in [1.54, 1.807) is 0 Å². The second-order valence-corrected chi connectivity index (χ2v) is 9.02. The molecule has 0 aromatic carbocycles. The molecule has 4 unspecified atom stereocenters. The van der Waals surface area contributed by atoms with Crippen LogP contribution in [0.4, 0.5) is 0 Å². The molecule has 1 heteroatoms. The van der Waals surface area contributed by atoms with Crippen molar-refractivity contribution in [3.63, 3.8) is 0 Å². The summed E-state index contributed by atoms with van der Waals surface area (Å²) < 4.78 is 0. The van der Waals surface area contributed by atoms with E-state index in [-0.39, 0.29) is 0 Å². The maximum atomic E-state index is 3.95. The average Bonchev–Trinajstić information content (AvgIpc) is 2.66. The Kier molecular flexibility index (Phi) is 3.38. The minimum Gasteiger partial charge on any atom is -0.313 e. The standard InChI is InChI=1S/C17H33N/c1-12(15(2,3)4)11-18-14-16(5,6)13-8-9-17(14,7)10-13/h12-14,18H,8-11H2,1-7H3. The van der Waals surface area contributed by atoms with Crippen molar-refractivity contribution < 1.29 is 0 Å². The summed E-state index contributed by atoms with van der Waals surface area (Å²) >= 11 is 0. The summed E-state index contributed by atoms with van der Waals surface area (Å²) in [5.41, 5.74) is 1.46. The van der Waals surface area contributed by atoms with Crippen LogP contribution in [-0.2, 0) is 0 Å². The van der Waals surface area contributed by atoms with E-state index in [0.717, 1.165) is 11.8 Å². The molecule has 0 amide bonds. The Morgan fingerprint density at radius 3 is 2.28 bits per heavy atom. The topological polar surface area (TPSA) is 12.0 Å². The van der Waals surface area contributed by atoms with Crippen molar-refractivity contribution in [2.75, 3.05) is 6.54 Å². The van der Waals surface area contributed by atoms with Crippen molar-refractivity contribution in [1.29, 1.82) is 0 Å². The van der Waals surface area contributed by atoms with Gasteiger partial charge in [0.1, 0.15) is 0 Å². The number of nitrogens with one attached hydrogen (secondary N) is 1. The van der Waals surface area contributed by atoms with Gasteiger partial charge in [0.15, 0.2) is 0 Å². The summed E-state index contributed by atoms with van der Waals surface area (Å²) in [6.45, 7) is 18.1. The Morgan fingerprint density at radius 1 is 1.22 bits per heavy atom. The Hall–Kier alpha value is -0.0400. The van der Waals surface area contributed by atoms with Crippen LogP contribution in [0.15, 0.2) is 0 Å². The molecule has 0 radical (unpaired) electrons. The minimum atomic E-state index is 0.412. The first kappa shape index (κ1) is 14.4. The molecule has 0 aromatic heterocycles. The van der Waals surface area contributed by atoms with Crippen LogP contribution in [-0.4, -0.2) is 12.6 Å². The first-order chi connectivity index (χ1) is 8.07. The zero-order chi connectivity index (χ0) is 13.8. The van der Waals surface area contributed by atoms with Crippen LogP contribution < -0.4 is 5.32 Å². The summed E-state index contributed by atoms with van der Waals surface area (Å²) in [6.07, 6.45) is 4.33. The molecule has 0 aromatic rings. The molecule has 1 N–H and O–H groups in total. The fourth-order valence-electron chi connectivity index (χ4n) is 4.41. The van der Waals surface area contributed by atoms with Crippen molar-refractivity contribution >= 4 is 0 Å². The third kappa shape index (κ3) is 2.24. The van der Waals surface area contributed by atoms with Gasteiger partial charge in [0.25, 0.3) is 0 Å². The van der Waals surface area contributed by atoms with Gasteiger partial charge in [0.2, 0.25) is 0 Å². The average molecular weight is 251 g/mol. The monoisotopic (exact) mass is 251 g/mol. The van der Waals surface area contributed by atoms with E-state index in [1.165, 1.54) is 25.8 Å². The van der Waals surface area contributed by atoms with E-state index < -0.39 is 0 Å². The van der Waals surface area contributed by atoms with Gasteiger partial charge in [-0.3, -0.25) is 0 Å². The summed E-state index contributed by atoms with van der Waals surface area (Å²) in [4.78, 5) is 0. The highest BCUT2D eigenvalue weighted by Crippen LogP contribution is 2.62. The molecule has 1 nitrogen and oxygen atoms in total. The molecular formula is C17H33N. The SMILES string of the molecule is CC(CNC1C2(C)CCC(C2)C1(C)C)C(C)(C)C. The molecular weight excluding hydrogens is 218 g/mol.